The Hall–Kier alpha value is -1.91. The Morgan fingerprint density at radius 3 is 2.58 bits per heavy atom. The van der Waals surface area contributed by atoms with E-state index in [1.165, 1.54) is 6.42 Å². The quantitative estimate of drug-likeness (QED) is 0.854. The molecule has 132 valence electrons. The van der Waals surface area contributed by atoms with Gasteiger partial charge in [0.05, 0.1) is 12.3 Å². The van der Waals surface area contributed by atoms with Crippen LogP contribution < -0.4 is 9.64 Å². The van der Waals surface area contributed by atoms with Crippen LogP contribution in [0, 0.1) is 5.92 Å². The van der Waals surface area contributed by atoms with E-state index in [0.29, 0.717) is 12.5 Å². The number of amides is 2. The summed E-state index contributed by atoms with van der Waals surface area (Å²) in [6.45, 7) is 10.0. The number of anilines is 1. The van der Waals surface area contributed by atoms with Gasteiger partial charge in [-0.1, -0.05) is 19.1 Å². The molecule has 24 heavy (non-hydrogen) atoms. The van der Waals surface area contributed by atoms with E-state index >= 15 is 0 Å². The number of hydrogen-bond acceptors (Lipinski definition) is 3. The van der Waals surface area contributed by atoms with Crippen molar-refractivity contribution in [3.63, 3.8) is 0 Å². The molecule has 3 rings (SSSR count). The molecule has 5 nitrogen and oxygen atoms in total. The number of piperazine rings is 1. The molecule has 2 saturated heterocycles. The third-order valence-corrected chi connectivity index (χ3v) is 4.98. The van der Waals surface area contributed by atoms with Crippen LogP contribution in [0.3, 0.4) is 0 Å². The van der Waals surface area contributed by atoms with Gasteiger partial charge in [0, 0.05) is 39.3 Å². The summed E-state index contributed by atoms with van der Waals surface area (Å²) >= 11 is 0. The SMILES string of the molecule is CCOc1ccccc1N1CCN(C(=O)N2CCCC(C)C2)CC1. The molecule has 0 aliphatic carbocycles. The number of likely N-dealkylation sites (tertiary alicyclic amines) is 1. The van der Waals surface area contributed by atoms with Crippen LogP contribution >= 0.6 is 0 Å². The van der Waals surface area contributed by atoms with Gasteiger partial charge in [-0.25, -0.2) is 4.79 Å². The molecule has 1 atom stereocenters. The minimum atomic E-state index is 0.222. The first-order chi connectivity index (χ1) is 11.7. The number of para-hydroxylation sites is 2. The summed E-state index contributed by atoms with van der Waals surface area (Å²) in [4.78, 5) is 19.1. The molecule has 0 bridgehead atoms. The Kier molecular flexibility index (Phi) is 5.48. The Morgan fingerprint density at radius 2 is 1.88 bits per heavy atom. The van der Waals surface area contributed by atoms with Gasteiger partial charge in [0.2, 0.25) is 0 Å². The molecule has 2 amide bonds. The minimum absolute atomic E-state index is 0.222. The zero-order valence-corrected chi connectivity index (χ0v) is 14.9. The molecular formula is C19H29N3O2. The monoisotopic (exact) mass is 331 g/mol. The van der Waals surface area contributed by atoms with Crippen molar-refractivity contribution in [2.75, 3.05) is 50.8 Å². The summed E-state index contributed by atoms with van der Waals surface area (Å²) in [7, 11) is 0. The zero-order chi connectivity index (χ0) is 16.9. The van der Waals surface area contributed by atoms with Crippen molar-refractivity contribution in [2.24, 2.45) is 5.92 Å². The standard InChI is InChI=1S/C19H29N3O2/c1-3-24-18-9-5-4-8-17(18)20-11-13-21(14-12-20)19(23)22-10-6-7-16(2)15-22/h4-5,8-9,16H,3,6-7,10-15H2,1-2H3. The Labute approximate surface area is 145 Å². The maximum absolute atomic E-state index is 12.7. The highest BCUT2D eigenvalue weighted by atomic mass is 16.5. The van der Waals surface area contributed by atoms with Crippen molar-refractivity contribution in [2.45, 2.75) is 26.7 Å². The first-order valence-electron chi connectivity index (χ1n) is 9.19. The van der Waals surface area contributed by atoms with E-state index < -0.39 is 0 Å². The van der Waals surface area contributed by atoms with Crippen LogP contribution in [0.5, 0.6) is 5.75 Å². The second kappa shape index (κ2) is 7.77. The summed E-state index contributed by atoms with van der Waals surface area (Å²) in [5, 5.41) is 0. The van der Waals surface area contributed by atoms with Crippen LogP contribution in [0.15, 0.2) is 24.3 Å². The molecule has 0 spiro atoms. The van der Waals surface area contributed by atoms with E-state index in [-0.39, 0.29) is 6.03 Å². The summed E-state index contributed by atoms with van der Waals surface area (Å²) in [5.41, 5.74) is 1.14. The van der Waals surface area contributed by atoms with Crippen molar-refractivity contribution in [3.8, 4) is 5.75 Å². The van der Waals surface area contributed by atoms with Crippen molar-refractivity contribution in [3.05, 3.63) is 24.3 Å². The van der Waals surface area contributed by atoms with Crippen molar-refractivity contribution < 1.29 is 9.53 Å². The molecule has 0 radical (unpaired) electrons. The van der Waals surface area contributed by atoms with Gasteiger partial charge in [-0.15, -0.1) is 0 Å². The highest BCUT2D eigenvalue weighted by Gasteiger charge is 2.28. The molecule has 1 unspecified atom stereocenters. The topological polar surface area (TPSA) is 36.0 Å². The van der Waals surface area contributed by atoms with Gasteiger partial charge in [-0.2, -0.15) is 0 Å². The van der Waals surface area contributed by atoms with Crippen LogP contribution in [0.4, 0.5) is 10.5 Å². The van der Waals surface area contributed by atoms with Crippen molar-refractivity contribution >= 4 is 11.7 Å². The second-order valence-corrected chi connectivity index (χ2v) is 6.85. The van der Waals surface area contributed by atoms with E-state index in [4.69, 9.17) is 4.74 Å². The molecule has 1 aromatic carbocycles. The fraction of sp³-hybridized carbons (Fsp3) is 0.632. The van der Waals surface area contributed by atoms with Crippen molar-refractivity contribution in [1.82, 2.24) is 9.80 Å². The predicted molar refractivity (Wildman–Crippen MR) is 96.8 cm³/mol. The predicted octanol–water partition coefficient (Wildman–Crippen LogP) is 3.06. The summed E-state index contributed by atoms with van der Waals surface area (Å²) in [5.74, 6) is 1.56. The number of carbonyl (C=O) groups excluding carboxylic acids is 1. The fourth-order valence-electron chi connectivity index (χ4n) is 3.70. The van der Waals surface area contributed by atoms with Crippen molar-refractivity contribution in [1.29, 1.82) is 0 Å². The number of urea groups is 1. The number of piperidine rings is 1. The van der Waals surface area contributed by atoms with Gasteiger partial charge in [-0.05, 0) is 37.8 Å². The first-order valence-corrected chi connectivity index (χ1v) is 9.19. The first kappa shape index (κ1) is 16.9. The third kappa shape index (κ3) is 3.77. The smallest absolute Gasteiger partial charge is 0.320 e. The van der Waals surface area contributed by atoms with Gasteiger partial charge in [0.15, 0.2) is 0 Å². The lowest BCUT2D eigenvalue weighted by molar-refractivity contribution is 0.129. The number of carbonyl (C=O) groups is 1. The molecule has 1 aromatic rings. The summed E-state index contributed by atoms with van der Waals surface area (Å²) in [6, 6.07) is 8.40. The van der Waals surface area contributed by atoms with E-state index in [9.17, 15) is 4.79 Å². The van der Waals surface area contributed by atoms with E-state index in [2.05, 4.69) is 17.9 Å². The fourth-order valence-corrected chi connectivity index (χ4v) is 3.70. The number of ether oxygens (including phenoxy) is 1. The molecule has 2 fully saturated rings. The molecule has 2 aliphatic rings. The minimum Gasteiger partial charge on any atom is -0.492 e. The molecule has 0 N–H and O–H groups in total. The maximum atomic E-state index is 12.7. The third-order valence-electron chi connectivity index (χ3n) is 4.98. The molecule has 2 heterocycles. The molecule has 0 aromatic heterocycles. The molecule has 5 heteroatoms. The largest absolute Gasteiger partial charge is 0.492 e. The van der Waals surface area contributed by atoms with Gasteiger partial charge in [0.1, 0.15) is 5.75 Å². The number of hydrogen-bond donors (Lipinski definition) is 0. The zero-order valence-electron chi connectivity index (χ0n) is 14.9. The highest BCUT2D eigenvalue weighted by molar-refractivity contribution is 5.75. The van der Waals surface area contributed by atoms with Crippen LogP contribution in [-0.2, 0) is 0 Å². The van der Waals surface area contributed by atoms with Crippen LogP contribution in [-0.4, -0.2) is 61.7 Å². The van der Waals surface area contributed by atoms with Gasteiger partial charge in [-0.3, -0.25) is 0 Å². The highest BCUT2D eigenvalue weighted by Crippen LogP contribution is 2.29. The Balaban J connectivity index is 1.59. The van der Waals surface area contributed by atoms with E-state index in [1.54, 1.807) is 0 Å². The maximum Gasteiger partial charge on any atom is 0.320 e. The van der Waals surface area contributed by atoms with E-state index in [0.717, 1.165) is 57.1 Å². The lowest BCUT2D eigenvalue weighted by atomic mass is 10.0. The molecule has 0 saturated carbocycles. The second-order valence-electron chi connectivity index (χ2n) is 6.85. The number of rotatable bonds is 3. The van der Waals surface area contributed by atoms with Crippen LogP contribution in [0.25, 0.3) is 0 Å². The number of nitrogens with zero attached hydrogens (tertiary/aromatic N) is 3. The normalized spacial score (nSPS) is 21.8. The molecule has 2 aliphatic heterocycles. The van der Waals surface area contributed by atoms with Gasteiger partial charge < -0.3 is 19.4 Å². The van der Waals surface area contributed by atoms with Gasteiger partial charge >= 0.3 is 6.03 Å². The van der Waals surface area contributed by atoms with E-state index in [1.807, 2.05) is 34.9 Å². The lowest BCUT2D eigenvalue weighted by Gasteiger charge is -2.40. The lowest BCUT2D eigenvalue weighted by Crippen LogP contribution is -2.54. The average Bonchev–Trinajstić information content (AvgIpc) is 2.62. The molecular weight excluding hydrogens is 302 g/mol. The Morgan fingerprint density at radius 1 is 1.12 bits per heavy atom. The van der Waals surface area contributed by atoms with Crippen LogP contribution in [0.2, 0.25) is 0 Å². The average molecular weight is 331 g/mol. The summed E-state index contributed by atoms with van der Waals surface area (Å²) in [6.07, 6.45) is 2.38. The number of benzene rings is 1. The summed E-state index contributed by atoms with van der Waals surface area (Å²) < 4.78 is 5.74. The van der Waals surface area contributed by atoms with Crippen LogP contribution in [0.1, 0.15) is 26.7 Å². The Bertz CT molecular complexity index is 555. The van der Waals surface area contributed by atoms with Gasteiger partial charge in [0.25, 0.3) is 0 Å².